The van der Waals surface area contributed by atoms with Gasteiger partial charge in [0.15, 0.2) is 6.35 Å². The zero-order valence-corrected chi connectivity index (χ0v) is 44.6. The van der Waals surface area contributed by atoms with Crippen molar-refractivity contribution < 1.29 is 80.9 Å². The van der Waals surface area contributed by atoms with Gasteiger partial charge in [-0.2, -0.15) is 0 Å². The summed E-state index contributed by atoms with van der Waals surface area (Å²) in [6.07, 6.45) is 3.46. The first kappa shape index (κ1) is 59.3. The van der Waals surface area contributed by atoms with Crippen LogP contribution in [0, 0.1) is 13.8 Å². The summed E-state index contributed by atoms with van der Waals surface area (Å²) in [6.45, 7) is 13.9. The van der Waals surface area contributed by atoms with Crippen molar-refractivity contribution in [2.75, 3.05) is 40.1 Å². The highest BCUT2D eigenvalue weighted by molar-refractivity contribution is 7.57. The molecule has 73 heavy (non-hydrogen) atoms. The molecule has 4 aromatic rings. The number of fused-ring (bicyclic) bond motifs is 2. The van der Waals surface area contributed by atoms with E-state index < -0.39 is 39.4 Å². The summed E-state index contributed by atoms with van der Waals surface area (Å²) in [7, 11) is -4.50. The van der Waals surface area contributed by atoms with Crippen LogP contribution in [0.1, 0.15) is 95.6 Å². The number of aromatic hydroxyl groups is 2. The molecule has 2 aliphatic rings. The average molecular weight is 1050 g/mol. The summed E-state index contributed by atoms with van der Waals surface area (Å²) in [5.41, 5.74) is 10.7. The molecule has 0 fully saturated rings. The zero-order valence-electron chi connectivity index (χ0n) is 42.8. The lowest BCUT2D eigenvalue weighted by atomic mass is 9.95. The second kappa shape index (κ2) is 27.1. The summed E-state index contributed by atoms with van der Waals surface area (Å²) in [5.74, 6) is 0.128. The van der Waals surface area contributed by atoms with Gasteiger partial charge in [-0.05, 0) is 104 Å². The van der Waals surface area contributed by atoms with Crippen LogP contribution in [0.3, 0.4) is 0 Å². The molecule has 2 unspecified atom stereocenters. The normalized spacial score (nSPS) is 15.3. The van der Waals surface area contributed by atoms with Crippen molar-refractivity contribution in [2.24, 2.45) is 5.73 Å². The van der Waals surface area contributed by atoms with Gasteiger partial charge in [0, 0.05) is 22.3 Å². The molecule has 6 rings (SSSR count). The first-order valence-corrected chi connectivity index (χ1v) is 26.6. The van der Waals surface area contributed by atoms with E-state index >= 15 is 0 Å². The lowest BCUT2D eigenvalue weighted by molar-refractivity contribution is -0.118. The van der Waals surface area contributed by atoms with Crippen LogP contribution in [-0.4, -0.2) is 90.8 Å². The van der Waals surface area contributed by atoms with Gasteiger partial charge < -0.3 is 58.3 Å². The fourth-order valence-electron chi connectivity index (χ4n) is 7.18. The third-order valence-corrected chi connectivity index (χ3v) is 14.2. The Hall–Kier alpha value is -6.30. The number of esters is 2. The number of methoxy groups -OCH3 is 2. The Labute approximate surface area is 425 Å². The number of phenols is 2. The second-order valence-corrected chi connectivity index (χ2v) is 21.0. The lowest BCUT2D eigenvalue weighted by Crippen LogP contribution is -2.32. The highest BCUT2D eigenvalue weighted by Gasteiger charge is 2.34. The molecule has 0 aliphatic carbocycles. The minimum Gasteiger partial charge on any atom is -0.507 e. The smallest absolute Gasteiger partial charge is 0.402 e. The van der Waals surface area contributed by atoms with E-state index in [4.69, 9.17) is 43.2 Å². The number of nitrogens with two attached hydrogens (primary N) is 1. The molecule has 2 aliphatic heterocycles. The minimum atomic E-state index is -3.95. The van der Waals surface area contributed by atoms with E-state index in [9.17, 15) is 43.4 Å². The predicted octanol–water partition coefficient (Wildman–Crippen LogP) is 8.71. The topological polar surface area (TPSA) is 275 Å². The Balaban J connectivity index is 0.000000287. The van der Waals surface area contributed by atoms with E-state index in [0.717, 1.165) is 22.3 Å². The summed E-state index contributed by atoms with van der Waals surface area (Å²) in [4.78, 5) is 55.7. The van der Waals surface area contributed by atoms with Gasteiger partial charge >= 0.3 is 27.1 Å². The third-order valence-electron chi connectivity index (χ3n) is 11.4. The molecule has 2 heterocycles. The number of benzene rings is 4. The van der Waals surface area contributed by atoms with Gasteiger partial charge in [-0.25, -0.2) is 19.2 Å². The molecule has 0 aromatic heterocycles. The van der Waals surface area contributed by atoms with E-state index in [1.807, 2.05) is 32.9 Å². The Bertz CT molecular complexity index is 2780. The average Bonchev–Trinajstić information content (AvgIpc) is 3.93. The van der Waals surface area contributed by atoms with Crippen molar-refractivity contribution in [2.45, 2.75) is 93.5 Å². The SMILES string of the molecule is CC(=O)[C@H](C)N.COc1c(C)c2c(c(O)c1C/C=C(\C)COCP(=O)(N[C@@H](C)C(C)=O)Oc1ccccc1)C(=O)OC2.COc1c(C)c2c(c(O)c1C/C=C(\C)COCP(=O)(O)Oc1ccccc1)C(=O)OC2. The van der Waals surface area contributed by atoms with Gasteiger partial charge in [0.2, 0.25) is 0 Å². The van der Waals surface area contributed by atoms with Crippen LogP contribution >= 0.6 is 15.1 Å². The molecule has 0 saturated carbocycles. The van der Waals surface area contributed by atoms with E-state index in [1.54, 1.807) is 81.4 Å². The van der Waals surface area contributed by atoms with Crippen molar-refractivity contribution in [3.8, 4) is 34.5 Å². The molecule has 6 N–H and O–H groups in total. The largest absolute Gasteiger partial charge is 0.507 e. The standard InChI is InChI=1S/C26H32NO8P.C22H25O8P.C4H9NO/c1-16(11-12-21-24(29)23-22(14-34-26(23)30)17(2)25(21)32-5)13-33-15-36(31,27-18(3)19(4)28)35-20-9-7-6-8-10-20;1-14(11-28-13-31(25,26)30-16-7-5-4-6-8-16)9-10-17-20(23)19-18(12-29-22(19)24)15(2)21(17)27-3;1-3(5)4(2)6/h6-11,18,29H,12-15H2,1-5H3,(H,27,31);4-9,23H,10-13H2,1-3H3,(H,25,26);3H,5H2,1-2H3/b16-11+;14-9+;/t18-,36?;;3-/m0.0/s1. The number of hydrogen-bond acceptors (Lipinski definition) is 17. The first-order chi connectivity index (χ1) is 34.4. The number of rotatable bonds is 22. The van der Waals surface area contributed by atoms with Gasteiger partial charge in [-0.15, -0.1) is 0 Å². The van der Waals surface area contributed by atoms with Crippen LogP contribution in [0.4, 0.5) is 0 Å². The predicted molar refractivity (Wildman–Crippen MR) is 273 cm³/mol. The van der Waals surface area contributed by atoms with Crippen LogP contribution in [0.25, 0.3) is 0 Å². The Morgan fingerprint density at radius 1 is 0.699 bits per heavy atom. The van der Waals surface area contributed by atoms with Crippen molar-refractivity contribution >= 4 is 38.6 Å². The Morgan fingerprint density at radius 3 is 1.48 bits per heavy atom. The van der Waals surface area contributed by atoms with Gasteiger partial charge in [0.05, 0.1) is 39.5 Å². The number of allylic oxidation sites excluding steroid dienone is 2. The molecule has 0 spiro atoms. The number of para-hydroxylation sites is 2. The number of ketones is 2. The van der Waals surface area contributed by atoms with Crippen molar-refractivity contribution in [1.29, 1.82) is 0 Å². The monoisotopic (exact) mass is 1050 g/mol. The number of phenolic OH excluding ortho intramolecular Hbond substituents is 2. The molecule has 4 aromatic carbocycles. The number of hydrogen-bond donors (Lipinski definition) is 5. The summed E-state index contributed by atoms with van der Waals surface area (Å²) in [5, 5.41) is 24.2. The molecule has 0 radical (unpaired) electrons. The maximum atomic E-state index is 13.4. The molecule has 396 valence electrons. The van der Waals surface area contributed by atoms with Gasteiger partial charge in [-0.3, -0.25) is 14.2 Å². The van der Waals surface area contributed by atoms with Crippen LogP contribution < -0.4 is 29.3 Å². The van der Waals surface area contributed by atoms with E-state index in [2.05, 4.69) is 5.09 Å². The summed E-state index contributed by atoms with van der Waals surface area (Å²) >= 11 is 0. The van der Waals surface area contributed by atoms with Gasteiger partial charge in [0.25, 0.3) is 0 Å². The number of ether oxygens (including phenoxy) is 6. The zero-order chi connectivity index (χ0) is 54.2. The molecular weight excluding hydrogens is 987 g/mol. The maximum absolute atomic E-state index is 13.4. The highest BCUT2D eigenvalue weighted by Crippen LogP contribution is 2.46. The fourth-order valence-corrected chi connectivity index (χ4v) is 9.75. The first-order valence-electron chi connectivity index (χ1n) is 23.0. The van der Waals surface area contributed by atoms with Crippen LogP contribution in [-0.2, 0) is 63.7 Å². The molecule has 0 saturated heterocycles. The number of Topliss-reactive ketones (excluding diaryl/α,β-unsaturated/α-hetero) is 2. The molecule has 4 atom stereocenters. The third kappa shape index (κ3) is 16.6. The molecule has 19 nitrogen and oxygen atoms in total. The molecule has 21 heteroatoms. The number of nitrogens with one attached hydrogen (secondary N) is 1. The summed E-state index contributed by atoms with van der Waals surface area (Å²) in [6, 6.07) is 16.1. The lowest BCUT2D eigenvalue weighted by Gasteiger charge is -2.23. The van der Waals surface area contributed by atoms with Crippen molar-refractivity contribution in [1.82, 2.24) is 5.09 Å². The van der Waals surface area contributed by atoms with Gasteiger partial charge in [0.1, 0.15) is 76.8 Å². The number of cyclic esters (lactones) is 2. The fraction of sp³-hybridized carbons (Fsp3) is 0.385. The van der Waals surface area contributed by atoms with Crippen LogP contribution in [0.15, 0.2) is 84.0 Å². The summed E-state index contributed by atoms with van der Waals surface area (Å²) < 4.78 is 68.5. The van der Waals surface area contributed by atoms with E-state index in [0.29, 0.717) is 39.5 Å². The quantitative estimate of drug-likeness (QED) is 0.0279. The van der Waals surface area contributed by atoms with E-state index in [1.165, 1.54) is 28.1 Å². The molecular formula is C52H66N2O17P2. The number of carbonyl (C=O) groups excluding carboxylic acids is 4. The second-order valence-electron chi connectivity index (χ2n) is 17.3. The molecule has 0 amide bonds. The van der Waals surface area contributed by atoms with Crippen LogP contribution in [0.2, 0.25) is 0 Å². The number of carbonyl (C=O) groups is 4. The Kier molecular flexibility index (Phi) is 22.0. The van der Waals surface area contributed by atoms with Crippen molar-refractivity contribution in [3.05, 3.63) is 128 Å². The van der Waals surface area contributed by atoms with Crippen LogP contribution in [0.5, 0.6) is 34.5 Å². The maximum Gasteiger partial charge on any atom is 0.402 e. The minimum absolute atomic E-state index is 0.0370. The highest BCUT2D eigenvalue weighted by atomic mass is 31.2. The van der Waals surface area contributed by atoms with Crippen molar-refractivity contribution in [3.63, 3.8) is 0 Å². The van der Waals surface area contributed by atoms with E-state index in [-0.39, 0.29) is 91.6 Å². The molecule has 0 bridgehead atoms. The van der Waals surface area contributed by atoms with Gasteiger partial charge in [-0.1, -0.05) is 59.7 Å². The Morgan fingerprint density at radius 2 is 1.10 bits per heavy atom.